The third-order valence-electron chi connectivity index (χ3n) is 2.63. The second-order valence-electron chi connectivity index (χ2n) is 4.07. The number of hydrogen-bond donors (Lipinski definition) is 2. The van der Waals surface area contributed by atoms with Gasteiger partial charge in [0.15, 0.2) is 0 Å². The number of nitrogen functional groups attached to an aromatic ring is 1. The monoisotopic (exact) mass is 348 g/mol. The van der Waals surface area contributed by atoms with Crippen LogP contribution in [0, 0.1) is 0 Å². The maximum absolute atomic E-state index is 12.0. The molecule has 2 aromatic rings. The summed E-state index contributed by atoms with van der Waals surface area (Å²) < 4.78 is 0.739. The fraction of sp³-hybridized carbons (Fsp3) is 0.154. The minimum Gasteiger partial charge on any atom is -0.396 e. The van der Waals surface area contributed by atoms with Crippen LogP contribution in [0.4, 0.5) is 5.69 Å². The van der Waals surface area contributed by atoms with Crippen LogP contribution < -0.4 is 11.1 Å². The number of nitrogens with one attached hydrogen (secondary N) is 1. The van der Waals surface area contributed by atoms with Crippen molar-refractivity contribution in [3.05, 3.63) is 49.1 Å². The second-order valence-corrected chi connectivity index (χ2v) is 6.68. The predicted molar refractivity (Wildman–Crippen MR) is 86.2 cm³/mol. The largest absolute Gasteiger partial charge is 0.396 e. The molecule has 3 N–H and O–H groups in total. The molecule has 0 spiro atoms. The molecule has 1 aromatic heterocycles. The van der Waals surface area contributed by atoms with Crippen molar-refractivity contribution in [3.8, 4) is 0 Å². The van der Waals surface area contributed by atoms with E-state index >= 15 is 0 Å². The van der Waals surface area contributed by atoms with Crippen molar-refractivity contribution in [2.45, 2.75) is 6.42 Å². The maximum atomic E-state index is 12.0. The first-order valence-corrected chi connectivity index (χ1v) is 7.69. The lowest BCUT2D eigenvalue weighted by Gasteiger charge is -2.07. The number of hydrogen-bond acceptors (Lipinski definition) is 3. The van der Waals surface area contributed by atoms with Gasteiger partial charge >= 0.3 is 0 Å². The van der Waals surface area contributed by atoms with Crippen LogP contribution in [0.3, 0.4) is 0 Å². The van der Waals surface area contributed by atoms with Gasteiger partial charge in [-0.1, -0.05) is 34.8 Å². The average Bonchev–Trinajstić information content (AvgIpc) is 2.81. The van der Waals surface area contributed by atoms with Gasteiger partial charge in [-0.05, 0) is 30.7 Å². The quantitative estimate of drug-likeness (QED) is 0.810. The fourth-order valence-corrected chi connectivity index (χ4v) is 3.18. The fourth-order valence-electron chi connectivity index (χ4n) is 1.60. The van der Waals surface area contributed by atoms with Crippen molar-refractivity contribution in [3.63, 3.8) is 0 Å². The third-order valence-corrected chi connectivity index (χ3v) is 4.54. The summed E-state index contributed by atoms with van der Waals surface area (Å²) >= 11 is 19.1. The van der Waals surface area contributed by atoms with Crippen LogP contribution in [0.2, 0.25) is 14.4 Å². The van der Waals surface area contributed by atoms with Crippen LogP contribution in [0.1, 0.15) is 15.2 Å². The molecule has 0 saturated carbocycles. The van der Waals surface area contributed by atoms with E-state index in [-0.39, 0.29) is 21.6 Å². The van der Waals surface area contributed by atoms with Crippen LogP contribution in [-0.4, -0.2) is 12.5 Å². The number of rotatable bonds is 4. The molecule has 0 aliphatic carbocycles. The predicted octanol–water partition coefficient (Wildman–Crippen LogP) is 4.26. The van der Waals surface area contributed by atoms with Gasteiger partial charge in [0.05, 0.1) is 20.1 Å². The van der Waals surface area contributed by atoms with E-state index in [0.29, 0.717) is 12.1 Å². The molecule has 0 fully saturated rings. The number of benzene rings is 1. The van der Waals surface area contributed by atoms with Gasteiger partial charge in [-0.3, -0.25) is 4.79 Å². The number of carbonyl (C=O) groups is 1. The van der Waals surface area contributed by atoms with Gasteiger partial charge in [-0.15, -0.1) is 11.3 Å². The van der Waals surface area contributed by atoms with Crippen LogP contribution in [0.5, 0.6) is 0 Å². The van der Waals surface area contributed by atoms with Crippen molar-refractivity contribution >= 4 is 57.7 Å². The van der Waals surface area contributed by atoms with E-state index in [4.69, 9.17) is 40.5 Å². The van der Waals surface area contributed by atoms with E-state index < -0.39 is 0 Å². The van der Waals surface area contributed by atoms with Gasteiger partial charge in [0, 0.05) is 17.0 Å². The SMILES string of the molecule is Nc1c(Cl)cc(C(=O)NCCc2ccc(Cl)s2)cc1Cl. The van der Waals surface area contributed by atoms with Crippen molar-refractivity contribution < 1.29 is 4.79 Å². The summed E-state index contributed by atoms with van der Waals surface area (Å²) in [6.45, 7) is 0.509. The summed E-state index contributed by atoms with van der Waals surface area (Å²) in [6, 6.07) is 6.78. The highest BCUT2D eigenvalue weighted by molar-refractivity contribution is 7.16. The van der Waals surface area contributed by atoms with Crippen LogP contribution in [0.15, 0.2) is 24.3 Å². The van der Waals surface area contributed by atoms with E-state index in [1.165, 1.54) is 23.5 Å². The van der Waals surface area contributed by atoms with Gasteiger partial charge in [0.1, 0.15) is 0 Å². The first-order chi connectivity index (χ1) is 9.47. The molecule has 1 amide bonds. The molecule has 20 heavy (non-hydrogen) atoms. The Kier molecular flexibility index (Phi) is 5.16. The van der Waals surface area contributed by atoms with Gasteiger partial charge in [0.25, 0.3) is 5.91 Å². The zero-order valence-corrected chi connectivity index (χ0v) is 13.3. The first kappa shape index (κ1) is 15.4. The molecule has 3 nitrogen and oxygen atoms in total. The Labute approximate surface area is 135 Å². The molecule has 0 bridgehead atoms. The Morgan fingerprint density at radius 2 is 1.85 bits per heavy atom. The smallest absolute Gasteiger partial charge is 0.251 e. The summed E-state index contributed by atoms with van der Waals surface area (Å²) in [6.07, 6.45) is 0.722. The van der Waals surface area contributed by atoms with E-state index in [0.717, 1.165) is 15.6 Å². The van der Waals surface area contributed by atoms with E-state index in [2.05, 4.69) is 5.32 Å². The Morgan fingerprint density at radius 1 is 1.20 bits per heavy atom. The topological polar surface area (TPSA) is 55.1 Å². The van der Waals surface area contributed by atoms with Crippen LogP contribution in [0.25, 0.3) is 0 Å². The zero-order valence-electron chi connectivity index (χ0n) is 10.3. The third kappa shape index (κ3) is 3.79. The Morgan fingerprint density at radius 3 is 2.40 bits per heavy atom. The molecule has 7 heteroatoms. The minimum atomic E-state index is -0.239. The van der Waals surface area contributed by atoms with Crippen molar-refractivity contribution in [1.29, 1.82) is 0 Å². The highest BCUT2D eigenvalue weighted by Crippen LogP contribution is 2.28. The van der Waals surface area contributed by atoms with Crippen LogP contribution >= 0.6 is 46.1 Å². The summed E-state index contributed by atoms with van der Waals surface area (Å²) in [5.41, 5.74) is 6.29. The highest BCUT2D eigenvalue weighted by atomic mass is 35.5. The lowest BCUT2D eigenvalue weighted by atomic mass is 10.2. The number of carbonyl (C=O) groups excluding carboxylic acids is 1. The van der Waals surface area contributed by atoms with Gasteiger partial charge in [-0.2, -0.15) is 0 Å². The summed E-state index contributed by atoms with van der Waals surface area (Å²) in [5.74, 6) is -0.239. The minimum absolute atomic E-state index is 0.239. The van der Waals surface area contributed by atoms with Gasteiger partial charge in [0.2, 0.25) is 0 Å². The molecule has 0 aliphatic heterocycles. The number of anilines is 1. The molecule has 2 rings (SSSR count). The molecule has 0 saturated heterocycles. The molecular weight excluding hydrogens is 339 g/mol. The van der Waals surface area contributed by atoms with E-state index in [1.807, 2.05) is 12.1 Å². The Bertz CT molecular complexity index is 619. The molecule has 0 atom stereocenters. The summed E-state index contributed by atoms with van der Waals surface area (Å²) in [5, 5.41) is 3.34. The standard InChI is InChI=1S/C13H11Cl3N2OS/c14-9-5-7(6-10(15)12(9)17)13(19)18-4-3-8-1-2-11(16)20-8/h1-2,5-6H,3-4,17H2,(H,18,19). The summed E-state index contributed by atoms with van der Waals surface area (Å²) in [7, 11) is 0. The van der Waals surface area contributed by atoms with Crippen molar-refractivity contribution in [2.24, 2.45) is 0 Å². The molecule has 1 heterocycles. The van der Waals surface area contributed by atoms with Crippen molar-refractivity contribution in [2.75, 3.05) is 12.3 Å². The maximum Gasteiger partial charge on any atom is 0.251 e. The number of halogens is 3. The van der Waals surface area contributed by atoms with Gasteiger partial charge in [-0.25, -0.2) is 0 Å². The molecule has 0 radical (unpaired) electrons. The molecule has 0 aliphatic rings. The number of amides is 1. The molecule has 0 unspecified atom stereocenters. The molecule has 106 valence electrons. The lowest BCUT2D eigenvalue weighted by Crippen LogP contribution is -2.25. The Hall–Kier alpha value is -0.940. The van der Waals surface area contributed by atoms with Crippen molar-refractivity contribution in [1.82, 2.24) is 5.32 Å². The number of thiophene rings is 1. The average molecular weight is 350 g/mol. The number of nitrogens with two attached hydrogens (primary N) is 1. The normalized spacial score (nSPS) is 10.6. The molecule has 1 aromatic carbocycles. The zero-order chi connectivity index (χ0) is 14.7. The Balaban J connectivity index is 1.95. The van der Waals surface area contributed by atoms with Gasteiger partial charge < -0.3 is 11.1 Å². The second kappa shape index (κ2) is 6.68. The van der Waals surface area contributed by atoms with E-state index in [1.54, 1.807) is 0 Å². The lowest BCUT2D eigenvalue weighted by molar-refractivity contribution is 0.0954. The van der Waals surface area contributed by atoms with E-state index in [9.17, 15) is 4.79 Å². The molecular formula is C13H11Cl3N2OS. The first-order valence-electron chi connectivity index (χ1n) is 5.74. The van der Waals surface area contributed by atoms with Crippen LogP contribution in [-0.2, 0) is 6.42 Å². The summed E-state index contributed by atoms with van der Waals surface area (Å²) in [4.78, 5) is 13.1. The highest BCUT2D eigenvalue weighted by Gasteiger charge is 2.11.